The molecule has 0 aliphatic heterocycles. The fraction of sp³-hybridized carbons (Fsp3) is 0.391. The van der Waals surface area contributed by atoms with Crippen molar-refractivity contribution in [1.29, 1.82) is 0 Å². The van der Waals surface area contributed by atoms with Gasteiger partial charge in [-0.05, 0) is 90.3 Å². The average molecular weight is 367 g/mol. The number of aromatic hydroxyl groups is 1. The number of benzene rings is 2. The third-order valence-electron chi connectivity index (χ3n) is 6.11. The summed E-state index contributed by atoms with van der Waals surface area (Å²) in [5.41, 5.74) is 2.86. The van der Waals surface area contributed by atoms with Crippen LogP contribution in [0.15, 0.2) is 48.5 Å². The van der Waals surface area contributed by atoms with Crippen LogP contribution in [0.3, 0.4) is 0 Å². The van der Waals surface area contributed by atoms with Gasteiger partial charge in [-0.3, -0.25) is 0 Å². The number of rotatable bonds is 2. The first-order valence-corrected chi connectivity index (χ1v) is 9.67. The predicted molar refractivity (Wildman–Crippen MR) is 104 cm³/mol. The molecule has 1 unspecified atom stereocenters. The van der Waals surface area contributed by atoms with Crippen LogP contribution in [0.2, 0.25) is 0 Å². The Hall–Kier alpha value is -1.95. The lowest BCUT2D eigenvalue weighted by molar-refractivity contribution is -0.00579. The molecule has 2 aliphatic carbocycles. The summed E-state index contributed by atoms with van der Waals surface area (Å²) in [4.78, 5) is 0. The highest BCUT2D eigenvalue weighted by Crippen LogP contribution is 2.52. The molecule has 0 heterocycles. The Bertz CT molecular complexity index is 852. The van der Waals surface area contributed by atoms with Crippen molar-refractivity contribution in [3.63, 3.8) is 0 Å². The Morgan fingerprint density at radius 3 is 2.69 bits per heavy atom. The molecule has 0 radical (unpaired) electrons. The smallest absolute Gasteiger partial charge is 0.127 e. The molecule has 3 heteroatoms. The fourth-order valence-electron chi connectivity index (χ4n) is 5.16. The molecule has 0 spiro atoms. The van der Waals surface area contributed by atoms with E-state index in [1.54, 1.807) is 6.07 Å². The van der Waals surface area contributed by atoms with Gasteiger partial charge >= 0.3 is 0 Å². The summed E-state index contributed by atoms with van der Waals surface area (Å²) in [7, 11) is 0. The summed E-state index contributed by atoms with van der Waals surface area (Å²) in [6, 6.07) is 16.2. The summed E-state index contributed by atoms with van der Waals surface area (Å²) >= 11 is 5.66. The fourth-order valence-corrected chi connectivity index (χ4v) is 5.34. The maximum atomic E-state index is 11.1. The van der Waals surface area contributed by atoms with Gasteiger partial charge in [0.1, 0.15) is 11.4 Å². The first-order chi connectivity index (χ1) is 12.6. The molecule has 1 fully saturated rings. The van der Waals surface area contributed by atoms with Crippen LogP contribution in [0.1, 0.15) is 41.9 Å². The van der Waals surface area contributed by atoms with Crippen LogP contribution < -0.4 is 0 Å². The van der Waals surface area contributed by atoms with Gasteiger partial charge in [-0.25, -0.2) is 0 Å². The van der Waals surface area contributed by atoms with Crippen molar-refractivity contribution >= 4 is 11.6 Å². The number of hydrogen-bond acceptors (Lipinski definition) is 2. The molecule has 1 saturated carbocycles. The monoisotopic (exact) mass is 366 g/mol. The van der Waals surface area contributed by atoms with Gasteiger partial charge in [0.05, 0.1) is 0 Å². The largest absolute Gasteiger partial charge is 0.508 e. The lowest BCUT2D eigenvalue weighted by atomic mass is 9.58. The number of halogens is 1. The molecule has 0 amide bonds. The highest BCUT2D eigenvalue weighted by molar-refractivity contribution is 6.30. The summed E-state index contributed by atoms with van der Waals surface area (Å²) in [5.74, 6) is 4.27. The van der Waals surface area contributed by atoms with Gasteiger partial charge in [0, 0.05) is 5.38 Å². The van der Waals surface area contributed by atoms with Crippen LogP contribution in [-0.2, 0) is 12.8 Å². The first-order valence-electron chi connectivity index (χ1n) is 9.29. The molecule has 4 atom stereocenters. The zero-order valence-electron chi connectivity index (χ0n) is 14.7. The van der Waals surface area contributed by atoms with Crippen molar-refractivity contribution in [1.82, 2.24) is 0 Å². The van der Waals surface area contributed by atoms with Crippen LogP contribution >= 0.6 is 11.6 Å². The van der Waals surface area contributed by atoms with E-state index >= 15 is 0 Å². The van der Waals surface area contributed by atoms with E-state index in [0.29, 0.717) is 36.3 Å². The van der Waals surface area contributed by atoms with E-state index < -0.39 is 5.60 Å². The lowest BCUT2D eigenvalue weighted by Crippen LogP contribution is -2.44. The molecular weight excluding hydrogens is 344 g/mol. The van der Waals surface area contributed by atoms with E-state index in [2.05, 4.69) is 41.6 Å². The van der Waals surface area contributed by atoms with Gasteiger partial charge in [0.2, 0.25) is 0 Å². The number of phenols is 1. The molecule has 2 aromatic carbocycles. The van der Waals surface area contributed by atoms with Crippen LogP contribution in [0.25, 0.3) is 0 Å². The maximum absolute atomic E-state index is 11.1. The Morgan fingerprint density at radius 2 is 1.92 bits per heavy atom. The van der Waals surface area contributed by atoms with Gasteiger partial charge in [-0.1, -0.05) is 42.3 Å². The Morgan fingerprint density at radius 1 is 1.12 bits per heavy atom. The highest BCUT2D eigenvalue weighted by atomic mass is 35.5. The van der Waals surface area contributed by atoms with Crippen molar-refractivity contribution in [3.05, 3.63) is 65.2 Å². The van der Waals surface area contributed by atoms with Crippen LogP contribution in [0.5, 0.6) is 5.75 Å². The van der Waals surface area contributed by atoms with Crippen molar-refractivity contribution < 1.29 is 10.2 Å². The molecular formula is C23H23ClO2. The van der Waals surface area contributed by atoms with Gasteiger partial charge in [-0.15, -0.1) is 0 Å². The second-order valence-electron chi connectivity index (χ2n) is 7.82. The quantitative estimate of drug-likeness (QED) is 0.761. The van der Waals surface area contributed by atoms with Crippen LogP contribution in [0.4, 0.5) is 0 Å². The highest BCUT2D eigenvalue weighted by Gasteiger charge is 2.46. The SMILES string of the molecule is Oc1ccc2c(c1)CCC1C[C@](O)(C#CCl)C[C@@H](Cc3ccccc3)[C@H]21. The van der Waals surface area contributed by atoms with Gasteiger partial charge in [0.15, 0.2) is 0 Å². The summed E-state index contributed by atoms with van der Waals surface area (Å²) < 4.78 is 0. The predicted octanol–water partition coefficient (Wildman–Crippen LogP) is 4.62. The third kappa shape index (κ3) is 3.34. The zero-order chi connectivity index (χ0) is 18.1. The molecule has 2 aromatic rings. The summed E-state index contributed by atoms with van der Waals surface area (Å²) in [5, 5.41) is 23.3. The Balaban J connectivity index is 1.73. The van der Waals surface area contributed by atoms with E-state index in [4.69, 9.17) is 11.6 Å². The van der Waals surface area contributed by atoms with Crippen molar-refractivity contribution in [2.24, 2.45) is 11.8 Å². The Kier molecular flexibility index (Phi) is 4.69. The topological polar surface area (TPSA) is 40.5 Å². The first kappa shape index (κ1) is 17.5. The number of fused-ring (bicyclic) bond motifs is 3. The molecule has 134 valence electrons. The second kappa shape index (κ2) is 6.99. The molecule has 0 bridgehead atoms. The van der Waals surface area contributed by atoms with Gasteiger partial charge in [0.25, 0.3) is 0 Å². The van der Waals surface area contributed by atoms with Crippen LogP contribution in [-0.4, -0.2) is 15.8 Å². The molecule has 0 aromatic heterocycles. The minimum Gasteiger partial charge on any atom is -0.508 e. The third-order valence-corrected chi connectivity index (χ3v) is 6.20. The van der Waals surface area contributed by atoms with Gasteiger partial charge in [-0.2, -0.15) is 0 Å². The van der Waals surface area contributed by atoms with Crippen molar-refractivity contribution in [2.75, 3.05) is 0 Å². The average Bonchev–Trinajstić information content (AvgIpc) is 2.62. The minimum atomic E-state index is -1.00. The van der Waals surface area contributed by atoms with Crippen molar-refractivity contribution in [2.45, 2.75) is 43.6 Å². The zero-order valence-corrected chi connectivity index (χ0v) is 15.4. The van der Waals surface area contributed by atoms with E-state index in [1.807, 2.05) is 12.1 Å². The minimum absolute atomic E-state index is 0.294. The van der Waals surface area contributed by atoms with E-state index in [1.165, 1.54) is 16.7 Å². The van der Waals surface area contributed by atoms with E-state index in [9.17, 15) is 10.2 Å². The number of aliphatic hydroxyl groups is 1. The molecule has 2 aliphatic rings. The van der Waals surface area contributed by atoms with E-state index in [-0.39, 0.29) is 0 Å². The second-order valence-corrected chi connectivity index (χ2v) is 8.01. The molecule has 0 saturated heterocycles. The number of aryl methyl sites for hydroxylation is 1. The molecule has 2 N–H and O–H groups in total. The number of hydrogen-bond donors (Lipinski definition) is 2. The van der Waals surface area contributed by atoms with Gasteiger partial charge < -0.3 is 10.2 Å². The molecule has 4 rings (SSSR count). The standard InChI is InChI=1S/C23H23ClO2/c24-11-10-23(26)14-18-7-6-17-13-20(25)8-9-21(17)22(18)19(15-23)12-16-4-2-1-3-5-16/h1-5,8-9,13,18-19,22,25-26H,6-7,12,14-15H2/t18?,19-,22-,23-/m1/s1. The molecule has 2 nitrogen and oxygen atoms in total. The molecule has 26 heavy (non-hydrogen) atoms. The summed E-state index contributed by atoms with van der Waals surface area (Å²) in [6.45, 7) is 0. The normalized spacial score (nSPS) is 29.8. The number of phenolic OH excluding ortho intramolecular Hbond substituents is 1. The van der Waals surface area contributed by atoms with E-state index in [0.717, 1.165) is 19.3 Å². The van der Waals surface area contributed by atoms with Crippen molar-refractivity contribution in [3.8, 4) is 17.0 Å². The van der Waals surface area contributed by atoms with Crippen LogP contribution in [0, 0.1) is 23.1 Å². The maximum Gasteiger partial charge on any atom is 0.127 e. The summed E-state index contributed by atoms with van der Waals surface area (Å²) in [6.07, 6.45) is 4.16. The lowest BCUT2D eigenvalue weighted by Gasteiger charge is -2.47. The Labute approximate surface area is 159 Å².